The second kappa shape index (κ2) is 5.18. The molecule has 2 heterocycles. The molecular weight excluding hydrogens is 212 g/mol. The standard InChI is InChI=1S/C10H18N2O2S/c1-8-7-15-5-3-12(8)10(13)9-6-11-2-4-14-9/h8-9,11H,2-7H2,1H3. The second-order valence-corrected chi connectivity index (χ2v) is 5.17. The minimum absolute atomic E-state index is 0.162. The largest absolute Gasteiger partial charge is 0.366 e. The van der Waals surface area contributed by atoms with Crippen LogP contribution in [0.5, 0.6) is 0 Å². The van der Waals surface area contributed by atoms with Crippen LogP contribution in [0.1, 0.15) is 6.92 Å². The van der Waals surface area contributed by atoms with E-state index in [-0.39, 0.29) is 12.0 Å². The normalized spacial score (nSPS) is 32.7. The van der Waals surface area contributed by atoms with Gasteiger partial charge in [0.1, 0.15) is 6.10 Å². The molecule has 1 amide bonds. The Morgan fingerprint density at radius 2 is 2.47 bits per heavy atom. The van der Waals surface area contributed by atoms with Gasteiger partial charge in [-0.25, -0.2) is 0 Å². The number of carbonyl (C=O) groups excluding carboxylic acids is 1. The summed E-state index contributed by atoms with van der Waals surface area (Å²) in [6.07, 6.45) is -0.260. The van der Waals surface area contributed by atoms with Gasteiger partial charge in [0.15, 0.2) is 0 Å². The summed E-state index contributed by atoms with van der Waals surface area (Å²) in [6.45, 7) is 5.14. The minimum Gasteiger partial charge on any atom is -0.366 e. The number of amides is 1. The van der Waals surface area contributed by atoms with Crippen molar-refractivity contribution in [3.05, 3.63) is 0 Å². The van der Waals surface area contributed by atoms with Crippen molar-refractivity contribution in [2.75, 3.05) is 37.7 Å². The highest BCUT2D eigenvalue weighted by Gasteiger charge is 2.30. The van der Waals surface area contributed by atoms with Crippen molar-refractivity contribution in [1.82, 2.24) is 10.2 Å². The predicted octanol–water partition coefficient (Wildman–Crippen LogP) is -0.0613. The summed E-state index contributed by atoms with van der Waals surface area (Å²) in [6, 6.07) is 0.349. The second-order valence-electron chi connectivity index (χ2n) is 4.02. The van der Waals surface area contributed by atoms with E-state index in [9.17, 15) is 4.79 Å². The van der Waals surface area contributed by atoms with Gasteiger partial charge >= 0.3 is 0 Å². The van der Waals surface area contributed by atoms with Gasteiger partial charge in [0.2, 0.25) is 0 Å². The van der Waals surface area contributed by atoms with Crippen LogP contribution in [-0.2, 0) is 9.53 Å². The number of thioether (sulfide) groups is 1. The molecule has 2 atom stereocenters. The van der Waals surface area contributed by atoms with Crippen molar-refractivity contribution < 1.29 is 9.53 Å². The van der Waals surface area contributed by atoms with Gasteiger partial charge in [-0.3, -0.25) is 4.79 Å². The van der Waals surface area contributed by atoms with Crippen molar-refractivity contribution in [2.45, 2.75) is 19.1 Å². The average molecular weight is 230 g/mol. The van der Waals surface area contributed by atoms with Gasteiger partial charge in [0, 0.05) is 37.2 Å². The zero-order valence-electron chi connectivity index (χ0n) is 9.07. The Morgan fingerprint density at radius 1 is 1.60 bits per heavy atom. The summed E-state index contributed by atoms with van der Waals surface area (Å²) < 4.78 is 5.48. The fraction of sp³-hybridized carbons (Fsp3) is 0.900. The van der Waals surface area contributed by atoms with Gasteiger partial charge in [-0.2, -0.15) is 11.8 Å². The molecule has 2 aliphatic rings. The Hall–Kier alpha value is -0.260. The number of rotatable bonds is 1. The lowest BCUT2D eigenvalue weighted by Crippen LogP contribution is -2.54. The zero-order chi connectivity index (χ0) is 10.7. The number of hydrogen-bond donors (Lipinski definition) is 1. The van der Waals surface area contributed by atoms with Crippen molar-refractivity contribution in [3.8, 4) is 0 Å². The molecule has 0 bridgehead atoms. The number of carbonyl (C=O) groups is 1. The molecule has 5 heteroatoms. The first kappa shape index (κ1) is 11.2. The van der Waals surface area contributed by atoms with Crippen LogP contribution in [-0.4, -0.2) is 60.7 Å². The molecule has 15 heavy (non-hydrogen) atoms. The molecule has 0 spiro atoms. The summed E-state index contributed by atoms with van der Waals surface area (Å²) in [5.74, 6) is 2.26. The van der Waals surface area contributed by atoms with E-state index < -0.39 is 0 Å². The number of nitrogens with one attached hydrogen (secondary N) is 1. The van der Waals surface area contributed by atoms with E-state index in [4.69, 9.17) is 4.74 Å². The molecule has 0 radical (unpaired) electrons. The highest BCUT2D eigenvalue weighted by molar-refractivity contribution is 7.99. The fourth-order valence-electron chi connectivity index (χ4n) is 1.96. The quantitative estimate of drug-likeness (QED) is 0.685. The molecule has 2 saturated heterocycles. The number of nitrogens with zero attached hydrogens (tertiary/aromatic N) is 1. The molecule has 0 aliphatic carbocycles. The molecule has 1 N–H and O–H groups in total. The van der Waals surface area contributed by atoms with E-state index in [0.29, 0.717) is 19.2 Å². The van der Waals surface area contributed by atoms with Gasteiger partial charge < -0.3 is 15.0 Å². The number of hydrogen-bond acceptors (Lipinski definition) is 4. The maximum Gasteiger partial charge on any atom is 0.253 e. The lowest BCUT2D eigenvalue weighted by Gasteiger charge is -2.36. The highest BCUT2D eigenvalue weighted by atomic mass is 32.2. The van der Waals surface area contributed by atoms with Crippen molar-refractivity contribution in [2.24, 2.45) is 0 Å². The van der Waals surface area contributed by atoms with Gasteiger partial charge in [-0.15, -0.1) is 0 Å². The van der Waals surface area contributed by atoms with Gasteiger partial charge in [0.05, 0.1) is 6.61 Å². The Kier molecular flexibility index (Phi) is 3.88. The van der Waals surface area contributed by atoms with Crippen molar-refractivity contribution >= 4 is 17.7 Å². The van der Waals surface area contributed by atoms with E-state index >= 15 is 0 Å². The molecule has 0 aromatic carbocycles. The minimum atomic E-state index is -0.260. The smallest absolute Gasteiger partial charge is 0.253 e. The molecule has 2 unspecified atom stereocenters. The fourth-order valence-corrected chi connectivity index (χ4v) is 2.98. The first-order chi connectivity index (χ1) is 7.29. The summed E-state index contributed by atoms with van der Waals surface area (Å²) in [5.41, 5.74) is 0. The molecule has 2 rings (SSSR count). The molecule has 0 aromatic rings. The van der Waals surface area contributed by atoms with Gasteiger partial charge in [-0.1, -0.05) is 0 Å². The van der Waals surface area contributed by atoms with Gasteiger partial charge in [-0.05, 0) is 6.92 Å². The maximum atomic E-state index is 12.1. The first-order valence-electron chi connectivity index (χ1n) is 5.49. The first-order valence-corrected chi connectivity index (χ1v) is 6.65. The lowest BCUT2D eigenvalue weighted by atomic mass is 10.2. The van der Waals surface area contributed by atoms with Crippen LogP contribution in [0.15, 0.2) is 0 Å². The highest BCUT2D eigenvalue weighted by Crippen LogP contribution is 2.17. The van der Waals surface area contributed by atoms with Crippen molar-refractivity contribution in [3.63, 3.8) is 0 Å². The van der Waals surface area contributed by atoms with Gasteiger partial charge in [0.25, 0.3) is 5.91 Å². The third kappa shape index (κ3) is 2.65. The van der Waals surface area contributed by atoms with Crippen LogP contribution in [0.4, 0.5) is 0 Å². The molecule has 2 fully saturated rings. The Morgan fingerprint density at radius 3 is 3.13 bits per heavy atom. The van der Waals surface area contributed by atoms with E-state index in [1.54, 1.807) is 0 Å². The van der Waals surface area contributed by atoms with Crippen LogP contribution in [0, 0.1) is 0 Å². The molecule has 0 aromatic heterocycles. The predicted molar refractivity (Wildman–Crippen MR) is 61.1 cm³/mol. The molecule has 86 valence electrons. The van der Waals surface area contributed by atoms with Crippen molar-refractivity contribution in [1.29, 1.82) is 0 Å². The molecule has 4 nitrogen and oxygen atoms in total. The van der Waals surface area contributed by atoms with E-state index in [1.807, 2.05) is 16.7 Å². The van der Waals surface area contributed by atoms with Crippen LogP contribution < -0.4 is 5.32 Å². The Bertz CT molecular complexity index is 231. The topological polar surface area (TPSA) is 41.6 Å². The van der Waals surface area contributed by atoms with E-state index in [2.05, 4.69) is 12.2 Å². The van der Waals surface area contributed by atoms with Crippen LogP contribution in [0.25, 0.3) is 0 Å². The zero-order valence-corrected chi connectivity index (χ0v) is 9.89. The maximum absolute atomic E-state index is 12.1. The Labute approximate surface area is 94.7 Å². The Balaban J connectivity index is 1.92. The average Bonchev–Trinajstić information content (AvgIpc) is 2.30. The molecule has 0 saturated carbocycles. The van der Waals surface area contributed by atoms with E-state index in [0.717, 1.165) is 24.6 Å². The molecule has 2 aliphatic heterocycles. The summed E-state index contributed by atoms with van der Waals surface area (Å²) in [4.78, 5) is 14.1. The van der Waals surface area contributed by atoms with Crippen LogP contribution >= 0.6 is 11.8 Å². The number of morpholine rings is 1. The number of ether oxygens (including phenoxy) is 1. The molecular formula is C10H18N2O2S. The third-order valence-corrected chi connectivity index (χ3v) is 4.04. The lowest BCUT2D eigenvalue weighted by molar-refractivity contribution is -0.146. The monoisotopic (exact) mass is 230 g/mol. The summed E-state index contributed by atoms with van der Waals surface area (Å²) in [5, 5.41) is 3.19. The van der Waals surface area contributed by atoms with Crippen LogP contribution in [0.2, 0.25) is 0 Å². The summed E-state index contributed by atoms with van der Waals surface area (Å²) in [7, 11) is 0. The summed E-state index contributed by atoms with van der Waals surface area (Å²) >= 11 is 1.92. The third-order valence-electron chi connectivity index (χ3n) is 2.85. The SMILES string of the molecule is CC1CSCCN1C(=O)C1CNCCO1. The van der Waals surface area contributed by atoms with Crippen LogP contribution in [0.3, 0.4) is 0 Å². The van der Waals surface area contributed by atoms with E-state index in [1.165, 1.54) is 0 Å².